The van der Waals surface area contributed by atoms with E-state index in [4.69, 9.17) is 0 Å². The van der Waals surface area contributed by atoms with Gasteiger partial charge in [-0.2, -0.15) is 0 Å². The third-order valence-electron chi connectivity index (χ3n) is 3.33. The zero-order chi connectivity index (χ0) is 16.8. The van der Waals surface area contributed by atoms with Crippen molar-refractivity contribution < 1.29 is 4.79 Å². The number of carbonyl (C=O) groups excluding carboxylic acids is 1. The van der Waals surface area contributed by atoms with Gasteiger partial charge in [0, 0.05) is 35.3 Å². The Kier molecular flexibility index (Phi) is 5.18. The Bertz CT molecular complexity index is 822. The van der Waals surface area contributed by atoms with Crippen LogP contribution in [0.3, 0.4) is 0 Å². The van der Waals surface area contributed by atoms with E-state index in [1.165, 1.54) is 0 Å². The van der Waals surface area contributed by atoms with E-state index >= 15 is 0 Å². The first-order valence-electron chi connectivity index (χ1n) is 7.36. The molecule has 3 rings (SSSR count). The molecule has 1 aromatic carbocycles. The van der Waals surface area contributed by atoms with Gasteiger partial charge in [-0.25, -0.2) is 4.98 Å². The highest BCUT2D eigenvalue weighted by Crippen LogP contribution is 2.19. The lowest BCUT2D eigenvalue weighted by Gasteiger charge is -2.08. The minimum Gasteiger partial charge on any atom is -0.348 e. The summed E-state index contributed by atoms with van der Waals surface area (Å²) in [5, 5.41) is 6.05. The summed E-state index contributed by atoms with van der Waals surface area (Å²) in [6, 6.07) is 15.0. The molecule has 0 unspecified atom stereocenters. The molecule has 3 aromatic rings. The molecule has 0 saturated carbocycles. The molecular formula is C18H15BrN4O. The summed E-state index contributed by atoms with van der Waals surface area (Å²) in [5.41, 5.74) is 2.44. The quantitative estimate of drug-likeness (QED) is 0.701. The topological polar surface area (TPSA) is 66.9 Å². The lowest BCUT2D eigenvalue weighted by Crippen LogP contribution is -2.22. The third-order valence-corrected chi connectivity index (χ3v) is 3.82. The fourth-order valence-corrected chi connectivity index (χ4v) is 2.50. The van der Waals surface area contributed by atoms with Gasteiger partial charge in [-0.3, -0.25) is 9.78 Å². The van der Waals surface area contributed by atoms with Gasteiger partial charge in [0.15, 0.2) is 0 Å². The van der Waals surface area contributed by atoms with Gasteiger partial charge in [0.25, 0.3) is 5.91 Å². The minimum atomic E-state index is -0.159. The van der Waals surface area contributed by atoms with Crippen LogP contribution in [-0.4, -0.2) is 15.9 Å². The van der Waals surface area contributed by atoms with Crippen LogP contribution in [-0.2, 0) is 6.54 Å². The Balaban J connectivity index is 1.60. The molecule has 0 aliphatic heterocycles. The summed E-state index contributed by atoms with van der Waals surface area (Å²) in [7, 11) is 0. The molecule has 0 saturated heterocycles. The highest BCUT2D eigenvalue weighted by Gasteiger charge is 2.06. The maximum atomic E-state index is 12.1. The number of amides is 1. The number of benzene rings is 1. The van der Waals surface area contributed by atoms with Crippen LogP contribution >= 0.6 is 15.9 Å². The zero-order valence-corrected chi connectivity index (χ0v) is 14.3. The van der Waals surface area contributed by atoms with Gasteiger partial charge >= 0.3 is 0 Å². The Morgan fingerprint density at radius 3 is 2.62 bits per heavy atom. The molecule has 1 amide bonds. The number of hydrogen-bond acceptors (Lipinski definition) is 4. The highest BCUT2D eigenvalue weighted by atomic mass is 79.9. The van der Waals surface area contributed by atoms with Gasteiger partial charge in [-0.1, -0.05) is 22.0 Å². The van der Waals surface area contributed by atoms with Crippen molar-refractivity contribution in [3.8, 4) is 0 Å². The smallest absolute Gasteiger partial charge is 0.253 e. The summed E-state index contributed by atoms with van der Waals surface area (Å²) >= 11 is 3.43. The summed E-state index contributed by atoms with van der Waals surface area (Å²) in [4.78, 5) is 20.4. The fourth-order valence-electron chi connectivity index (χ4n) is 2.10. The molecule has 2 heterocycles. The Morgan fingerprint density at radius 1 is 1.08 bits per heavy atom. The second-order valence-corrected chi connectivity index (χ2v) is 6.02. The van der Waals surface area contributed by atoms with Gasteiger partial charge in [0.1, 0.15) is 5.82 Å². The van der Waals surface area contributed by atoms with Crippen molar-refractivity contribution >= 4 is 33.3 Å². The molecule has 0 radical (unpaired) electrons. The van der Waals surface area contributed by atoms with Gasteiger partial charge in [0.2, 0.25) is 0 Å². The van der Waals surface area contributed by atoms with Crippen LogP contribution in [0.5, 0.6) is 0 Å². The van der Waals surface area contributed by atoms with Crippen LogP contribution in [0.2, 0.25) is 0 Å². The molecule has 0 bridgehead atoms. The van der Waals surface area contributed by atoms with Crippen LogP contribution in [0.25, 0.3) is 0 Å². The standard InChI is InChI=1S/C18H15BrN4O/c19-15-2-1-3-16(10-15)23-17-5-4-14(12-21-17)18(24)22-11-13-6-8-20-9-7-13/h1-10,12H,11H2,(H,21,23)(H,22,24). The third kappa shape index (κ3) is 4.39. The largest absolute Gasteiger partial charge is 0.348 e. The van der Waals surface area contributed by atoms with Crippen LogP contribution in [0, 0.1) is 0 Å². The summed E-state index contributed by atoms with van der Waals surface area (Å²) < 4.78 is 0.986. The van der Waals surface area contributed by atoms with Crippen molar-refractivity contribution in [1.29, 1.82) is 0 Å². The average Bonchev–Trinajstić information content (AvgIpc) is 2.61. The van der Waals surface area contributed by atoms with Crippen molar-refractivity contribution in [2.45, 2.75) is 6.54 Å². The van der Waals surface area contributed by atoms with Gasteiger partial charge in [-0.15, -0.1) is 0 Å². The number of pyridine rings is 2. The molecule has 2 aromatic heterocycles. The van der Waals surface area contributed by atoms with Gasteiger partial charge < -0.3 is 10.6 Å². The molecule has 0 spiro atoms. The highest BCUT2D eigenvalue weighted by molar-refractivity contribution is 9.10. The Morgan fingerprint density at radius 2 is 1.92 bits per heavy atom. The number of halogens is 1. The van der Waals surface area contributed by atoms with Crippen LogP contribution in [0.4, 0.5) is 11.5 Å². The van der Waals surface area contributed by atoms with E-state index < -0.39 is 0 Å². The second-order valence-electron chi connectivity index (χ2n) is 5.11. The van der Waals surface area contributed by atoms with E-state index in [1.54, 1.807) is 30.7 Å². The van der Waals surface area contributed by atoms with E-state index in [2.05, 4.69) is 36.5 Å². The minimum absolute atomic E-state index is 0.159. The van der Waals surface area contributed by atoms with E-state index in [0.717, 1.165) is 15.7 Å². The van der Waals surface area contributed by atoms with Crippen LogP contribution < -0.4 is 10.6 Å². The lowest BCUT2D eigenvalue weighted by molar-refractivity contribution is 0.0950. The Labute approximate surface area is 148 Å². The first-order chi connectivity index (χ1) is 11.7. The number of nitrogens with zero attached hydrogens (tertiary/aromatic N) is 2. The maximum Gasteiger partial charge on any atom is 0.253 e. The first kappa shape index (κ1) is 16.1. The van der Waals surface area contributed by atoms with E-state index in [9.17, 15) is 4.79 Å². The monoisotopic (exact) mass is 382 g/mol. The lowest BCUT2D eigenvalue weighted by atomic mass is 10.2. The zero-order valence-electron chi connectivity index (χ0n) is 12.7. The number of anilines is 2. The number of rotatable bonds is 5. The number of carbonyl (C=O) groups is 1. The SMILES string of the molecule is O=C(NCc1ccncc1)c1ccc(Nc2cccc(Br)c2)nc1. The van der Waals surface area contributed by atoms with Crippen molar-refractivity contribution in [2.75, 3.05) is 5.32 Å². The molecule has 2 N–H and O–H groups in total. The maximum absolute atomic E-state index is 12.1. The van der Waals surface area contributed by atoms with E-state index in [1.807, 2.05) is 36.4 Å². The normalized spacial score (nSPS) is 10.2. The Hall–Kier alpha value is -2.73. The van der Waals surface area contributed by atoms with Gasteiger partial charge in [0.05, 0.1) is 5.56 Å². The fraction of sp³-hybridized carbons (Fsp3) is 0.0556. The molecule has 120 valence electrons. The molecule has 6 heteroatoms. The predicted molar refractivity (Wildman–Crippen MR) is 97.1 cm³/mol. The molecular weight excluding hydrogens is 368 g/mol. The van der Waals surface area contributed by atoms with Crippen LogP contribution in [0.1, 0.15) is 15.9 Å². The summed E-state index contributed by atoms with van der Waals surface area (Å²) in [5.74, 6) is 0.520. The molecule has 0 aliphatic carbocycles. The number of nitrogens with one attached hydrogen (secondary N) is 2. The average molecular weight is 383 g/mol. The van der Waals surface area contributed by atoms with Gasteiger partial charge in [-0.05, 0) is 48.0 Å². The first-order valence-corrected chi connectivity index (χ1v) is 8.16. The summed E-state index contributed by atoms with van der Waals surface area (Å²) in [6.45, 7) is 0.458. The van der Waals surface area contributed by atoms with Crippen molar-refractivity contribution in [1.82, 2.24) is 15.3 Å². The summed E-state index contributed by atoms with van der Waals surface area (Å²) in [6.07, 6.45) is 4.96. The molecule has 0 atom stereocenters. The van der Waals surface area contributed by atoms with Crippen molar-refractivity contribution in [3.63, 3.8) is 0 Å². The van der Waals surface area contributed by atoms with Crippen molar-refractivity contribution in [3.05, 3.63) is 82.7 Å². The van der Waals surface area contributed by atoms with Crippen molar-refractivity contribution in [2.24, 2.45) is 0 Å². The van der Waals surface area contributed by atoms with Crippen LogP contribution in [0.15, 0.2) is 71.6 Å². The number of hydrogen-bond donors (Lipinski definition) is 2. The predicted octanol–water partition coefficient (Wildman–Crippen LogP) is 3.91. The van der Waals surface area contributed by atoms with E-state index in [0.29, 0.717) is 17.9 Å². The number of aromatic nitrogens is 2. The molecule has 0 aliphatic rings. The molecule has 5 nitrogen and oxygen atoms in total. The molecule has 0 fully saturated rings. The van der Waals surface area contributed by atoms with E-state index in [-0.39, 0.29) is 5.91 Å². The second kappa shape index (κ2) is 7.70. The molecule has 24 heavy (non-hydrogen) atoms.